The van der Waals surface area contributed by atoms with E-state index in [2.05, 4.69) is 10.6 Å². The molecule has 0 heterocycles. The van der Waals surface area contributed by atoms with Crippen LogP contribution >= 0.6 is 0 Å². The number of esters is 1. The van der Waals surface area contributed by atoms with Crippen molar-refractivity contribution in [2.75, 3.05) is 24.2 Å². The highest BCUT2D eigenvalue weighted by atomic mass is 19.4. The largest absolute Gasteiger partial charge is 0.463 e. The molecule has 31 heavy (non-hydrogen) atoms. The minimum atomic E-state index is -4.46. The van der Waals surface area contributed by atoms with Crippen LogP contribution in [-0.4, -0.2) is 19.1 Å². The van der Waals surface area contributed by atoms with E-state index in [1.54, 1.807) is 38.1 Å². The SMILES string of the molecule is CCCNC(/C(C(=O)OCC)=C(/C)Nc1cccc(C(F)(F)F)c1)c1ccc(N)cc1. The average molecular weight is 435 g/mol. The van der Waals surface area contributed by atoms with Crippen molar-refractivity contribution < 1.29 is 22.7 Å². The van der Waals surface area contributed by atoms with Gasteiger partial charge in [-0.2, -0.15) is 13.2 Å². The number of nitrogens with one attached hydrogen (secondary N) is 2. The van der Waals surface area contributed by atoms with Crippen LogP contribution in [0.1, 0.15) is 44.4 Å². The van der Waals surface area contributed by atoms with Crippen LogP contribution in [0.5, 0.6) is 0 Å². The molecule has 1 atom stereocenters. The molecule has 0 aliphatic heterocycles. The summed E-state index contributed by atoms with van der Waals surface area (Å²) < 4.78 is 44.5. The van der Waals surface area contributed by atoms with Crippen LogP contribution in [0, 0.1) is 0 Å². The van der Waals surface area contributed by atoms with E-state index < -0.39 is 23.8 Å². The molecule has 2 rings (SSSR count). The standard InChI is InChI=1S/C23H28F3N3O2/c1-4-13-28-21(16-9-11-18(27)12-10-16)20(22(30)31-5-2)15(3)29-19-8-6-7-17(14-19)23(24,25)26/h6-12,14,21,28-29H,4-5,13,27H2,1-3H3/b20-15+. The fourth-order valence-corrected chi connectivity index (χ4v) is 3.12. The first-order chi connectivity index (χ1) is 14.7. The Kier molecular flexibility index (Phi) is 8.50. The molecule has 0 radical (unpaired) electrons. The number of carbonyl (C=O) groups is 1. The Balaban J connectivity index is 2.52. The summed E-state index contributed by atoms with van der Waals surface area (Å²) in [6, 6.07) is 11.4. The number of allylic oxidation sites excluding steroid dienone is 1. The van der Waals surface area contributed by atoms with E-state index in [-0.39, 0.29) is 17.9 Å². The molecule has 0 spiro atoms. The number of carbonyl (C=O) groups excluding carboxylic acids is 1. The molecule has 0 aromatic heterocycles. The summed E-state index contributed by atoms with van der Waals surface area (Å²) in [6.07, 6.45) is -3.64. The van der Waals surface area contributed by atoms with E-state index in [0.717, 1.165) is 24.1 Å². The zero-order chi connectivity index (χ0) is 23.0. The van der Waals surface area contributed by atoms with Gasteiger partial charge in [-0.25, -0.2) is 4.79 Å². The number of alkyl halides is 3. The number of anilines is 2. The highest BCUT2D eigenvalue weighted by molar-refractivity contribution is 5.91. The van der Waals surface area contributed by atoms with Gasteiger partial charge in [0.05, 0.1) is 23.8 Å². The number of nitrogens with two attached hydrogens (primary N) is 1. The molecule has 0 saturated heterocycles. The Bertz CT molecular complexity index is 909. The zero-order valence-corrected chi connectivity index (χ0v) is 17.8. The summed E-state index contributed by atoms with van der Waals surface area (Å²) in [4.78, 5) is 12.9. The van der Waals surface area contributed by atoms with Gasteiger partial charge in [-0.3, -0.25) is 0 Å². The van der Waals surface area contributed by atoms with Crippen LogP contribution in [-0.2, 0) is 15.7 Å². The number of rotatable bonds is 9. The fraction of sp³-hybridized carbons (Fsp3) is 0.348. The third kappa shape index (κ3) is 6.75. The van der Waals surface area contributed by atoms with Crippen molar-refractivity contribution in [3.63, 3.8) is 0 Å². The predicted molar refractivity (Wildman–Crippen MR) is 116 cm³/mol. The normalized spacial score (nSPS) is 13.4. The molecule has 2 aromatic carbocycles. The van der Waals surface area contributed by atoms with E-state index in [4.69, 9.17) is 10.5 Å². The first-order valence-electron chi connectivity index (χ1n) is 10.1. The molecular weight excluding hydrogens is 407 g/mol. The van der Waals surface area contributed by atoms with Crippen LogP contribution < -0.4 is 16.4 Å². The average Bonchev–Trinajstić information content (AvgIpc) is 2.71. The maximum absolute atomic E-state index is 13.1. The molecule has 0 bridgehead atoms. The Labute approximate surface area is 180 Å². The number of hydrogen-bond donors (Lipinski definition) is 3. The third-order valence-electron chi connectivity index (χ3n) is 4.58. The Hall–Kier alpha value is -3.00. The Morgan fingerprint density at radius 1 is 1.13 bits per heavy atom. The number of benzene rings is 2. The van der Waals surface area contributed by atoms with Gasteiger partial charge in [0, 0.05) is 17.1 Å². The summed E-state index contributed by atoms with van der Waals surface area (Å²) in [5, 5.41) is 6.27. The molecule has 168 valence electrons. The molecule has 0 aliphatic rings. The van der Waals surface area contributed by atoms with Gasteiger partial charge in [-0.05, 0) is 62.7 Å². The number of hydrogen-bond acceptors (Lipinski definition) is 5. The van der Waals surface area contributed by atoms with Crippen molar-refractivity contribution in [1.82, 2.24) is 5.32 Å². The maximum atomic E-state index is 13.1. The lowest BCUT2D eigenvalue weighted by Gasteiger charge is -2.24. The molecule has 0 saturated carbocycles. The van der Waals surface area contributed by atoms with Crippen molar-refractivity contribution in [1.29, 1.82) is 0 Å². The lowest BCUT2D eigenvalue weighted by molar-refractivity contribution is -0.139. The summed E-state index contributed by atoms with van der Waals surface area (Å²) in [6.45, 7) is 6.12. The summed E-state index contributed by atoms with van der Waals surface area (Å²) in [5.74, 6) is -0.551. The van der Waals surface area contributed by atoms with Gasteiger partial charge in [-0.1, -0.05) is 25.1 Å². The monoisotopic (exact) mass is 435 g/mol. The molecule has 5 nitrogen and oxygen atoms in total. The van der Waals surface area contributed by atoms with Crippen molar-refractivity contribution in [2.24, 2.45) is 0 Å². The van der Waals surface area contributed by atoms with Crippen molar-refractivity contribution in [3.8, 4) is 0 Å². The van der Waals surface area contributed by atoms with Crippen molar-refractivity contribution in [2.45, 2.75) is 39.4 Å². The van der Waals surface area contributed by atoms with Gasteiger partial charge in [0.25, 0.3) is 0 Å². The molecule has 4 N–H and O–H groups in total. The van der Waals surface area contributed by atoms with Gasteiger partial charge in [0.2, 0.25) is 0 Å². The smallest absolute Gasteiger partial charge is 0.416 e. The van der Waals surface area contributed by atoms with E-state index in [0.29, 0.717) is 17.9 Å². The van der Waals surface area contributed by atoms with Crippen molar-refractivity contribution in [3.05, 3.63) is 70.9 Å². The highest BCUT2D eigenvalue weighted by Gasteiger charge is 2.31. The Morgan fingerprint density at radius 2 is 1.81 bits per heavy atom. The molecular formula is C23H28F3N3O2. The fourth-order valence-electron chi connectivity index (χ4n) is 3.12. The lowest BCUT2D eigenvalue weighted by atomic mass is 9.96. The van der Waals surface area contributed by atoms with Gasteiger partial charge in [-0.15, -0.1) is 0 Å². The highest BCUT2D eigenvalue weighted by Crippen LogP contribution is 2.32. The summed E-state index contributed by atoms with van der Waals surface area (Å²) >= 11 is 0. The molecule has 0 amide bonds. The molecule has 1 unspecified atom stereocenters. The topological polar surface area (TPSA) is 76.4 Å². The third-order valence-corrected chi connectivity index (χ3v) is 4.58. The van der Waals surface area contributed by atoms with E-state index >= 15 is 0 Å². The minimum absolute atomic E-state index is 0.168. The summed E-state index contributed by atoms with van der Waals surface area (Å²) in [7, 11) is 0. The second-order valence-electron chi connectivity index (χ2n) is 7.02. The molecule has 2 aromatic rings. The van der Waals surface area contributed by atoms with Crippen LogP contribution in [0.3, 0.4) is 0 Å². The maximum Gasteiger partial charge on any atom is 0.416 e. The van der Waals surface area contributed by atoms with Crippen molar-refractivity contribution >= 4 is 17.3 Å². The number of halogens is 3. The molecule has 0 fully saturated rings. The van der Waals surface area contributed by atoms with Crippen LogP contribution in [0.4, 0.5) is 24.5 Å². The minimum Gasteiger partial charge on any atom is -0.463 e. The second kappa shape index (κ2) is 10.9. The Morgan fingerprint density at radius 3 is 2.39 bits per heavy atom. The lowest BCUT2D eigenvalue weighted by Crippen LogP contribution is -2.30. The van der Waals surface area contributed by atoms with Gasteiger partial charge in [0.1, 0.15) is 0 Å². The molecule has 0 aliphatic carbocycles. The number of nitrogen functional groups attached to an aromatic ring is 1. The summed E-state index contributed by atoms with van der Waals surface area (Å²) in [5.41, 5.74) is 7.29. The predicted octanol–water partition coefficient (Wildman–Crippen LogP) is 5.28. The first-order valence-corrected chi connectivity index (χ1v) is 10.1. The van der Waals surface area contributed by atoms with E-state index in [9.17, 15) is 18.0 Å². The first kappa shape index (κ1) is 24.3. The quantitative estimate of drug-likeness (QED) is 0.284. The van der Waals surface area contributed by atoms with Gasteiger partial charge in [0.15, 0.2) is 0 Å². The van der Waals surface area contributed by atoms with Gasteiger partial charge < -0.3 is 21.1 Å². The van der Waals surface area contributed by atoms with E-state index in [1.807, 2.05) is 6.92 Å². The van der Waals surface area contributed by atoms with E-state index in [1.165, 1.54) is 12.1 Å². The zero-order valence-electron chi connectivity index (χ0n) is 17.8. The van der Waals surface area contributed by atoms with Gasteiger partial charge >= 0.3 is 12.1 Å². The van der Waals surface area contributed by atoms with Crippen LogP contribution in [0.15, 0.2) is 59.8 Å². The van der Waals surface area contributed by atoms with Crippen LogP contribution in [0.25, 0.3) is 0 Å². The van der Waals surface area contributed by atoms with Crippen LogP contribution in [0.2, 0.25) is 0 Å². The second-order valence-corrected chi connectivity index (χ2v) is 7.02. The number of ether oxygens (including phenoxy) is 1. The molecule has 8 heteroatoms.